The SMILES string of the molecule is Cc1cc(N2CC(C)(C)C2)c(C)cc1-c1cn(C[C@H]2CCCCO2)nn1. The summed E-state index contributed by atoms with van der Waals surface area (Å²) in [6, 6.07) is 4.57. The first kappa shape index (κ1) is 17.5. The van der Waals surface area contributed by atoms with Crippen molar-refractivity contribution in [1.82, 2.24) is 15.0 Å². The molecule has 26 heavy (non-hydrogen) atoms. The normalized spacial score (nSPS) is 22.3. The smallest absolute Gasteiger partial charge is 0.113 e. The second-order valence-corrected chi connectivity index (χ2v) is 8.79. The summed E-state index contributed by atoms with van der Waals surface area (Å²) in [6.45, 7) is 13.0. The van der Waals surface area contributed by atoms with Gasteiger partial charge in [-0.1, -0.05) is 19.1 Å². The minimum Gasteiger partial charge on any atom is -0.376 e. The Labute approximate surface area is 156 Å². The maximum absolute atomic E-state index is 5.82. The molecule has 3 heterocycles. The molecule has 2 aromatic rings. The third-order valence-corrected chi connectivity index (χ3v) is 5.60. The first-order chi connectivity index (χ1) is 12.4. The summed E-state index contributed by atoms with van der Waals surface area (Å²) in [7, 11) is 0. The van der Waals surface area contributed by atoms with Gasteiger partial charge in [0, 0.05) is 30.9 Å². The molecule has 5 nitrogen and oxygen atoms in total. The zero-order chi connectivity index (χ0) is 18.3. The molecule has 2 aliphatic rings. The topological polar surface area (TPSA) is 43.2 Å². The number of anilines is 1. The Hall–Kier alpha value is -1.88. The highest BCUT2D eigenvalue weighted by Gasteiger charge is 2.35. The van der Waals surface area contributed by atoms with E-state index in [1.807, 2.05) is 4.68 Å². The molecule has 4 rings (SSSR count). The van der Waals surface area contributed by atoms with Crippen LogP contribution in [0.4, 0.5) is 5.69 Å². The number of hydrogen-bond donors (Lipinski definition) is 0. The van der Waals surface area contributed by atoms with E-state index in [1.54, 1.807) is 0 Å². The van der Waals surface area contributed by atoms with Gasteiger partial charge < -0.3 is 9.64 Å². The van der Waals surface area contributed by atoms with Gasteiger partial charge in [-0.3, -0.25) is 0 Å². The zero-order valence-corrected chi connectivity index (χ0v) is 16.5. The molecular weight excluding hydrogens is 324 g/mol. The van der Waals surface area contributed by atoms with Crippen LogP contribution in [0.3, 0.4) is 0 Å². The van der Waals surface area contributed by atoms with Crippen molar-refractivity contribution in [2.24, 2.45) is 5.41 Å². The Morgan fingerprint density at radius 1 is 1.15 bits per heavy atom. The molecule has 0 radical (unpaired) electrons. The molecule has 0 amide bonds. The molecule has 1 aromatic heterocycles. The second kappa shape index (κ2) is 6.69. The average molecular weight is 354 g/mol. The fraction of sp³-hybridized carbons (Fsp3) is 0.619. The third kappa shape index (κ3) is 3.50. The summed E-state index contributed by atoms with van der Waals surface area (Å²) >= 11 is 0. The number of ether oxygens (including phenoxy) is 1. The van der Waals surface area contributed by atoms with Gasteiger partial charge in [-0.25, -0.2) is 4.68 Å². The predicted molar refractivity (Wildman–Crippen MR) is 105 cm³/mol. The number of benzene rings is 1. The van der Waals surface area contributed by atoms with E-state index in [0.29, 0.717) is 5.41 Å². The number of hydrogen-bond acceptors (Lipinski definition) is 4. The minimum atomic E-state index is 0.276. The van der Waals surface area contributed by atoms with Crippen molar-refractivity contribution in [2.45, 2.75) is 59.6 Å². The van der Waals surface area contributed by atoms with Crippen molar-refractivity contribution in [3.8, 4) is 11.3 Å². The largest absolute Gasteiger partial charge is 0.376 e. The van der Waals surface area contributed by atoms with Crippen LogP contribution in [0, 0.1) is 19.3 Å². The molecular formula is C21H30N4O. The Balaban J connectivity index is 1.52. The van der Waals surface area contributed by atoms with Gasteiger partial charge in [-0.2, -0.15) is 0 Å². The van der Waals surface area contributed by atoms with Crippen LogP contribution < -0.4 is 4.90 Å². The van der Waals surface area contributed by atoms with Gasteiger partial charge in [-0.15, -0.1) is 5.10 Å². The van der Waals surface area contributed by atoms with Gasteiger partial charge in [-0.05, 0) is 61.8 Å². The van der Waals surface area contributed by atoms with Crippen LogP contribution in [0.2, 0.25) is 0 Å². The Morgan fingerprint density at radius 3 is 2.65 bits per heavy atom. The van der Waals surface area contributed by atoms with Gasteiger partial charge in [0.2, 0.25) is 0 Å². The first-order valence-corrected chi connectivity index (χ1v) is 9.80. The molecule has 0 bridgehead atoms. The fourth-order valence-corrected chi connectivity index (χ4v) is 4.25. The van der Waals surface area contributed by atoms with Crippen LogP contribution in [0.1, 0.15) is 44.2 Å². The Morgan fingerprint density at radius 2 is 1.96 bits per heavy atom. The molecule has 0 saturated carbocycles. The highest BCUT2D eigenvalue weighted by Crippen LogP contribution is 2.37. The summed E-state index contributed by atoms with van der Waals surface area (Å²) in [4.78, 5) is 2.48. The maximum atomic E-state index is 5.82. The standard InChI is InChI=1S/C21H30N4O/c1-15-10-20(24-13-21(3,4)14-24)16(2)9-18(15)19-12-25(23-22-19)11-17-7-5-6-8-26-17/h9-10,12,17H,5-8,11,13-14H2,1-4H3/t17-/m1/s1. The number of rotatable bonds is 4. The van der Waals surface area contributed by atoms with Gasteiger partial charge in [0.05, 0.1) is 18.8 Å². The zero-order valence-electron chi connectivity index (χ0n) is 16.5. The lowest BCUT2D eigenvalue weighted by Crippen LogP contribution is -2.53. The first-order valence-electron chi connectivity index (χ1n) is 9.80. The summed E-state index contributed by atoms with van der Waals surface area (Å²) in [5.74, 6) is 0. The minimum absolute atomic E-state index is 0.276. The quantitative estimate of drug-likeness (QED) is 0.833. The molecule has 0 aliphatic carbocycles. The van der Waals surface area contributed by atoms with E-state index in [2.05, 4.69) is 61.2 Å². The molecule has 0 spiro atoms. The van der Waals surface area contributed by atoms with Crippen molar-refractivity contribution < 1.29 is 4.74 Å². The lowest BCUT2D eigenvalue weighted by molar-refractivity contribution is 0.00370. The average Bonchev–Trinajstić information content (AvgIpc) is 3.03. The van der Waals surface area contributed by atoms with Gasteiger partial charge in [0.25, 0.3) is 0 Å². The van der Waals surface area contributed by atoms with E-state index in [4.69, 9.17) is 4.74 Å². The van der Waals surface area contributed by atoms with E-state index in [9.17, 15) is 0 Å². The van der Waals surface area contributed by atoms with E-state index in [0.717, 1.165) is 38.4 Å². The molecule has 0 N–H and O–H groups in total. The molecule has 1 aromatic carbocycles. The summed E-state index contributed by atoms with van der Waals surface area (Å²) < 4.78 is 7.76. The molecule has 2 fully saturated rings. The van der Waals surface area contributed by atoms with E-state index < -0.39 is 0 Å². The fourth-order valence-electron chi connectivity index (χ4n) is 4.25. The predicted octanol–water partition coefficient (Wildman–Crippen LogP) is 3.98. The lowest BCUT2D eigenvalue weighted by Gasteiger charge is -2.48. The van der Waals surface area contributed by atoms with Crippen molar-refractivity contribution in [3.63, 3.8) is 0 Å². The number of aromatic nitrogens is 3. The van der Waals surface area contributed by atoms with Crippen LogP contribution in [0.5, 0.6) is 0 Å². The second-order valence-electron chi connectivity index (χ2n) is 8.79. The number of nitrogens with zero attached hydrogens (tertiary/aromatic N) is 4. The third-order valence-electron chi connectivity index (χ3n) is 5.60. The molecule has 5 heteroatoms. The van der Waals surface area contributed by atoms with Crippen molar-refractivity contribution in [2.75, 3.05) is 24.6 Å². The van der Waals surface area contributed by atoms with E-state index >= 15 is 0 Å². The monoisotopic (exact) mass is 354 g/mol. The van der Waals surface area contributed by atoms with Crippen LogP contribution in [0.15, 0.2) is 18.3 Å². The summed E-state index contributed by atoms with van der Waals surface area (Å²) in [6.07, 6.45) is 5.89. The Kier molecular flexibility index (Phi) is 4.51. The summed E-state index contributed by atoms with van der Waals surface area (Å²) in [5.41, 5.74) is 6.50. The van der Waals surface area contributed by atoms with Gasteiger partial charge in [0.1, 0.15) is 5.69 Å². The van der Waals surface area contributed by atoms with Gasteiger partial charge >= 0.3 is 0 Å². The van der Waals surface area contributed by atoms with E-state index in [1.165, 1.54) is 35.2 Å². The van der Waals surface area contributed by atoms with Crippen LogP contribution >= 0.6 is 0 Å². The van der Waals surface area contributed by atoms with Crippen LogP contribution in [-0.2, 0) is 11.3 Å². The van der Waals surface area contributed by atoms with Crippen molar-refractivity contribution in [1.29, 1.82) is 0 Å². The van der Waals surface area contributed by atoms with Gasteiger partial charge in [0.15, 0.2) is 0 Å². The Bertz CT molecular complexity index is 781. The van der Waals surface area contributed by atoms with Crippen LogP contribution in [0.25, 0.3) is 11.3 Å². The molecule has 2 saturated heterocycles. The maximum Gasteiger partial charge on any atom is 0.113 e. The summed E-state index contributed by atoms with van der Waals surface area (Å²) in [5, 5.41) is 8.77. The van der Waals surface area contributed by atoms with E-state index in [-0.39, 0.29) is 6.10 Å². The molecule has 1 atom stereocenters. The lowest BCUT2D eigenvalue weighted by atomic mass is 9.83. The molecule has 140 valence electrons. The van der Waals surface area contributed by atoms with Crippen molar-refractivity contribution >= 4 is 5.69 Å². The highest BCUT2D eigenvalue weighted by molar-refractivity contribution is 5.70. The molecule has 2 aliphatic heterocycles. The highest BCUT2D eigenvalue weighted by atomic mass is 16.5. The molecule has 0 unspecified atom stereocenters. The number of aryl methyl sites for hydroxylation is 2. The van der Waals surface area contributed by atoms with Crippen molar-refractivity contribution in [3.05, 3.63) is 29.5 Å². The van der Waals surface area contributed by atoms with Crippen LogP contribution in [-0.4, -0.2) is 40.8 Å².